The van der Waals surface area contributed by atoms with Crippen molar-refractivity contribution < 1.29 is 69.5 Å². The molecule has 0 bridgehead atoms. The summed E-state index contributed by atoms with van der Waals surface area (Å²) in [6, 6.07) is 0. The summed E-state index contributed by atoms with van der Waals surface area (Å²) in [6.07, 6.45) is 16.7. The van der Waals surface area contributed by atoms with E-state index in [9.17, 15) is 18.1 Å². The maximum absolute atomic E-state index is 11.0. The van der Waals surface area contributed by atoms with E-state index in [1.807, 2.05) is 0 Å². The SMILES string of the molecule is CCCCC(O)CCCCCCCCCCCCC(CC)S(=O)(=O)[O-].[K+]. The van der Waals surface area contributed by atoms with E-state index in [0.717, 1.165) is 51.4 Å². The summed E-state index contributed by atoms with van der Waals surface area (Å²) < 4.78 is 33.0. The smallest absolute Gasteiger partial charge is 0.748 e. The Kier molecular flexibility index (Phi) is 22.6. The molecule has 2 unspecified atom stereocenters. The van der Waals surface area contributed by atoms with Crippen molar-refractivity contribution in [2.45, 2.75) is 128 Å². The average molecular weight is 417 g/mol. The van der Waals surface area contributed by atoms with Crippen molar-refractivity contribution in [3.63, 3.8) is 0 Å². The average Bonchev–Trinajstić information content (AvgIpc) is 2.56. The summed E-state index contributed by atoms with van der Waals surface area (Å²) in [5.74, 6) is 0. The van der Waals surface area contributed by atoms with Gasteiger partial charge in [-0.15, -0.1) is 0 Å². The van der Waals surface area contributed by atoms with Crippen molar-refractivity contribution in [3.8, 4) is 0 Å². The third-order valence-electron chi connectivity index (χ3n) is 5.07. The van der Waals surface area contributed by atoms with Crippen molar-refractivity contribution in [2.24, 2.45) is 0 Å². The predicted octanol–water partition coefficient (Wildman–Crippen LogP) is 2.55. The van der Waals surface area contributed by atoms with Gasteiger partial charge in [-0.25, -0.2) is 8.42 Å². The number of hydrogen-bond acceptors (Lipinski definition) is 4. The van der Waals surface area contributed by atoms with E-state index in [4.69, 9.17) is 0 Å². The zero-order valence-corrected chi connectivity index (χ0v) is 21.5. The second-order valence-corrected chi connectivity index (χ2v) is 9.08. The third-order valence-corrected chi connectivity index (χ3v) is 6.45. The van der Waals surface area contributed by atoms with Crippen molar-refractivity contribution in [1.82, 2.24) is 0 Å². The zero-order valence-electron chi connectivity index (χ0n) is 17.5. The largest absolute Gasteiger partial charge is 1.00 e. The molecule has 6 heteroatoms. The molecule has 152 valence electrons. The van der Waals surface area contributed by atoms with Gasteiger partial charge < -0.3 is 9.66 Å². The topological polar surface area (TPSA) is 77.4 Å². The van der Waals surface area contributed by atoms with E-state index in [0.29, 0.717) is 12.8 Å². The number of rotatable bonds is 18. The fourth-order valence-corrected chi connectivity index (χ4v) is 4.17. The Morgan fingerprint density at radius 2 is 1.12 bits per heavy atom. The minimum atomic E-state index is -4.10. The van der Waals surface area contributed by atoms with Crippen LogP contribution in [0.25, 0.3) is 0 Å². The van der Waals surface area contributed by atoms with E-state index in [2.05, 4.69) is 6.92 Å². The van der Waals surface area contributed by atoms with Crippen LogP contribution >= 0.6 is 0 Å². The van der Waals surface area contributed by atoms with Crippen LogP contribution in [-0.2, 0) is 10.1 Å². The zero-order chi connectivity index (χ0) is 19.0. The minimum Gasteiger partial charge on any atom is -0.748 e. The molecule has 0 amide bonds. The molecule has 4 nitrogen and oxygen atoms in total. The second-order valence-electron chi connectivity index (χ2n) is 7.43. The predicted molar refractivity (Wildman–Crippen MR) is 105 cm³/mol. The Balaban J connectivity index is 0. The van der Waals surface area contributed by atoms with Crippen LogP contribution in [0.1, 0.15) is 117 Å². The maximum atomic E-state index is 11.0. The standard InChI is InChI=1S/C20H42O4S.K/c1-3-5-16-19(21)17-14-12-10-8-6-7-9-11-13-15-18-20(4-2)25(22,23)24;/h19-21H,3-18H2,1-2H3,(H,22,23,24);/q;+1/p-1. The molecule has 1 N–H and O–H groups in total. The van der Waals surface area contributed by atoms with Crippen molar-refractivity contribution in [1.29, 1.82) is 0 Å². The first kappa shape index (κ1) is 29.7. The maximum Gasteiger partial charge on any atom is 1.00 e. The number of hydrogen-bond donors (Lipinski definition) is 1. The molecule has 0 fully saturated rings. The van der Waals surface area contributed by atoms with Crippen LogP contribution in [0.5, 0.6) is 0 Å². The summed E-state index contributed by atoms with van der Waals surface area (Å²) in [4.78, 5) is 0. The molecule has 0 saturated carbocycles. The summed E-state index contributed by atoms with van der Waals surface area (Å²) in [5, 5.41) is 9.08. The van der Waals surface area contributed by atoms with Gasteiger partial charge in [0.25, 0.3) is 0 Å². The van der Waals surface area contributed by atoms with Gasteiger partial charge in [0, 0.05) is 5.25 Å². The van der Waals surface area contributed by atoms with Crippen molar-refractivity contribution in [2.75, 3.05) is 0 Å². The van der Waals surface area contributed by atoms with Gasteiger partial charge in [0.15, 0.2) is 0 Å². The molecule has 0 aliphatic rings. The van der Waals surface area contributed by atoms with E-state index in [1.54, 1.807) is 6.92 Å². The molecule has 0 rings (SSSR count). The van der Waals surface area contributed by atoms with Gasteiger partial charge >= 0.3 is 51.4 Å². The van der Waals surface area contributed by atoms with Gasteiger partial charge in [-0.2, -0.15) is 0 Å². The molecule has 0 spiro atoms. The van der Waals surface area contributed by atoms with Crippen molar-refractivity contribution >= 4 is 10.1 Å². The molecule has 0 radical (unpaired) electrons. The van der Waals surface area contributed by atoms with Gasteiger partial charge in [-0.3, -0.25) is 0 Å². The van der Waals surface area contributed by atoms with Crippen LogP contribution < -0.4 is 51.4 Å². The molecular weight excluding hydrogens is 375 g/mol. The second kappa shape index (κ2) is 19.8. The molecule has 0 aromatic rings. The Morgan fingerprint density at radius 3 is 1.50 bits per heavy atom. The molecule has 0 aliphatic heterocycles. The fraction of sp³-hybridized carbons (Fsp3) is 1.00. The summed E-state index contributed by atoms with van der Waals surface area (Å²) in [7, 11) is -4.10. The molecule has 26 heavy (non-hydrogen) atoms. The van der Waals surface area contributed by atoms with Crippen LogP contribution in [0.15, 0.2) is 0 Å². The van der Waals surface area contributed by atoms with Crippen LogP contribution in [0.4, 0.5) is 0 Å². The van der Waals surface area contributed by atoms with E-state index in [1.165, 1.54) is 38.5 Å². The van der Waals surface area contributed by atoms with E-state index >= 15 is 0 Å². The summed E-state index contributed by atoms with van der Waals surface area (Å²) in [5.41, 5.74) is 0. The molecule has 2 atom stereocenters. The number of aliphatic hydroxyl groups excluding tert-OH is 1. The molecular formula is C20H41KO4S. The normalized spacial score (nSPS) is 14.0. The number of aliphatic hydroxyl groups is 1. The van der Waals surface area contributed by atoms with Gasteiger partial charge in [0.05, 0.1) is 16.2 Å². The minimum absolute atomic E-state index is 0. The van der Waals surface area contributed by atoms with Gasteiger partial charge in [-0.1, -0.05) is 90.9 Å². The molecule has 0 saturated heterocycles. The van der Waals surface area contributed by atoms with Crippen LogP contribution in [-0.4, -0.2) is 29.4 Å². The monoisotopic (exact) mass is 416 g/mol. The third kappa shape index (κ3) is 18.9. The van der Waals surface area contributed by atoms with Crippen LogP contribution in [0.3, 0.4) is 0 Å². The molecule has 0 aromatic heterocycles. The fourth-order valence-electron chi connectivity index (χ4n) is 3.30. The first-order valence-corrected chi connectivity index (χ1v) is 12.0. The first-order valence-electron chi connectivity index (χ1n) is 10.5. The Morgan fingerprint density at radius 1 is 0.731 bits per heavy atom. The molecule has 0 aliphatic carbocycles. The Bertz CT molecular complexity index is 387. The van der Waals surface area contributed by atoms with E-state index in [-0.39, 0.29) is 57.5 Å². The molecule has 0 aromatic carbocycles. The van der Waals surface area contributed by atoms with Crippen LogP contribution in [0.2, 0.25) is 0 Å². The van der Waals surface area contributed by atoms with Gasteiger partial charge in [-0.05, 0) is 25.7 Å². The Labute approximate surface area is 205 Å². The summed E-state index contributed by atoms with van der Waals surface area (Å²) in [6.45, 7) is 3.93. The summed E-state index contributed by atoms with van der Waals surface area (Å²) >= 11 is 0. The number of unbranched alkanes of at least 4 members (excludes halogenated alkanes) is 10. The van der Waals surface area contributed by atoms with E-state index < -0.39 is 15.4 Å². The first-order chi connectivity index (χ1) is 11.9. The molecule has 0 heterocycles. The van der Waals surface area contributed by atoms with Crippen molar-refractivity contribution in [3.05, 3.63) is 0 Å². The Hall–Kier alpha value is 1.51. The van der Waals surface area contributed by atoms with Gasteiger partial charge in [0.1, 0.15) is 0 Å². The van der Waals surface area contributed by atoms with Gasteiger partial charge in [0.2, 0.25) is 0 Å². The van der Waals surface area contributed by atoms with Crippen LogP contribution in [0, 0.1) is 0 Å². The quantitative estimate of drug-likeness (QED) is 0.212.